The molecule has 0 aromatic heterocycles. The summed E-state index contributed by atoms with van der Waals surface area (Å²) in [4.78, 5) is 35.3. The SMILES string of the molecule is CCOC(=O)[C@H](C)NC(=O)[C@H](C)NC(=O)COc1ccc(CC)cc1. The number of amides is 2. The van der Waals surface area contributed by atoms with E-state index >= 15 is 0 Å². The lowest BCUT2D eigenvalue weighted by Crippen LogP contribution is -2.50. The van der Waals surface area contributed by atoms with Gasteiger partial charge in [0.2, 0.25) is 5.91 Å². The Morgan fingerprint density at radius 1 is 1.00 bits per heavy atom. The Morgan fingerprint density at radius 3 is 2.20 bits per heavy atom. The van der Waals surface area contributed by atoms with Crippen molar-refractivity contribution in [2.75, 3.05) is 13.2 Å². The van der Waals surface area contributed by atoms with Gasteiger partial charge in [-0.15, -0.1) is 0 Å². The number of ether oxygens (including phenoxy) is 2. The highest BCUT2D eigenvalue weighted by Gasteiger charge is 2.21. The van der Waals surface area contributed by atoms with Gasteiger partial charge in [-0.05, 0) is 44.9 Å². The van der Waals surface area contributed by atoms with E-state index in [-0.39, 0.29) is 13.2 Å². The van der Waals surface area contributed by atoms with Crippen LogP contribution in [0.15, 0.2) is 24.3 Å². The maximum atomic E-state index is 12.0. The second-order valence-corrected chi connectivity index (χ2v) is 5.56. The first-order valence-electron chi connectivity index (χ1n) is 8.35. The molecule has 0 aliphatic heterocycles. The van der Waals surface area contributed by atoms with E-state index in [9.17, 15) is 14.4 Å². The van der Waals surface area contributed by atoms with Crippen LogP contribution >= 0.6 is 0 Å². The molecule has 0 saturated carbocycles. The molecule has 1 aromatic rings. The molecule has 2 amide bonds. The molecule has 7 nitrogen and oxygen atoms in total. The van der Waals surface area contributed by atoms with Gasteiger partial charge < -0.3 is 20.1 Å². The molecule has 25 heavy (non-hydrogen) atoms. The van der Waals surface area contributed by atoms with Gasteiger partial charge in [0.05, 0.1) is 6.61 Å². The Bertz CT molecular complexity index is 586. The zero-order chi connectivity index (χ0) is 18.8. The summed E-state index contributed by atoms with van der Waals surface area (Å²) >= 11 is 0. The van der Waals surface area contributed by atoms with Gasteiger partial charge in [-0.3, -0.25) is 9.59 Å². The predicted octanol–water partition coefficient (Wildman–Crippen LogP) is 1.20. The summed E-state index contributed by atoms with van der Waals surface area (Å²) < 4.78 is 10.2. The molecule has 138 valence electrons. The number of esters is 1. The number of carbonyl (C=O) groups is 3. The van der Waals surface area contributed by atoms with E-state index in [0.29, 0.717) is 5.75 Å². The van der Waals surface area contributed by atoms with Gasteiger partial charge in [0.1, 0.15) is 17.8 Å². The lowest BCUT2D eigenvalue weighted by Gasteiger charge is -2.17. The van der Waals surface area contributed by atoms with E-state index in [4.69, 9.17) is 9.47 Å². The molecule has 0 saturated heterocycles. The summed E-state index contributed by atoms with van der Waals surface area (Å²) in [5.74, 6) is -0.833. The van der Waals surface area contributed by atoms with Crippen molar-refractivity contribution in [1.82, 2.24) is 10.6 Å². The first-order chi connectivity index (χ1) is 11.9. The van der Waals surface area contributed by atoms with Crippen LogP contribution in [0.5, 0.6) is 5.75 Å². The fraction of sp³-hybridized carbons (Fsp3) is 0.500. The molecule has 7 heteroatoms. The van der Waals surface area contributed by atoms with Crippen LogP contribution < -0.4 is 15.4 Å². The molecule has 2 atom stereocenters. The molecule has 0 unspecified atom stereocenters. The number of hydrogen-bond donors (Lipinski definition) is 2. The number of carbonyl (C=O) groups excluding carboxylic acids is 3. The van der Waals surface area contributed by atoms with Crippen LogP contribution in [0.1, 0.15) is 33.3 Å². The van der Waals surface area contributed by atoms with Crippen LogP contribution in [0, 0.1) is 0 Å². The molecule has 0 spiro atoms. The van der Waals surface area contributed by atoms with Crippen molar-refractivity contribution in [2.45, 2.75) is 46.2 Å². The molecule has 0 radical (unpaired) electrons. The van der Waals surface area contributed by atoms with Crippen molar-refractivity contribution < 1.29 is 23.9 Å². The summed E-state index contributed by atoms with van der Waals surface area (Å²) in [6, 6.07) is 5.88. The fourth-order valence-electron chi connectivity index (χ4n) is 1.98. The third kappa shape index (κ3) is 7.24. The zero-order valence-corrected chi connectivity index (χ0v) is 15.1. The Balaban J connectivity index is 2.39. The molecule has 1 rings (SSSR count). The Labute approximate surface area is 148 Å². The van der Waals surface area contributed by atoms with E-state index in [1.54, 1.807) is 19.1 Å². The quantitative estimate of drug-likeness (QED) is 0.653. The second-order valence-electron chi connectivity index (χ2n) is 5.56. The van der Waals surface area contributed by atoms with Gasteiger partial charge in [0.25, 0.3) is 5.91 Å². The third-order valence-corrected chi connectivity index (χ3v) is 3.47. The van der Waals surface area contributed by atoms with Crippen molar-refractivity contribution in [2.24, 2.45) is 0 Å². The highest BCUT2D eigenvalue weighted by molar-refractivity contribution is 5.90. The standard InChI is InChI=1S/C18H26N2O5/c1-5-14-7-9-15(10-8-14)25-11-16(21)19-12(3)17(22)20-13(4)18(23)24-6-2/h7-10,12-13H,5-6,11H2,1-4H3,(H,19,21)(H,20,22)/t12-,13-/m0/s1. The average Bonchev–Trinajstić information content (AvgIpc) is 2.60. The zero-order valence-electron chi connectivity index (χ0n) is 15.1. The first-order valence-corrected chi connectivity index (χ1v) is 8.35. The minimum atomic E-state index is -0.796. The number of benzene rings is 1. The molecule has 2 N–H and O–H groups in total. The second kappa shape index (κ2) is 10.3. The number of hydrogen-bond acceptors (Lipinski definition) is 5. The van der Waals surface area contributed by atoms with Crippen molar-refractivity contribution in [3.8, 4) is 5.75 Å². The van der Waals surface area contributed by atoms with Crippen LogP contribution in [0.3, 0.4) is 0 Å². The van der Waals surface area contributed by atoms with Gasteiger partial charge in [0.15, 0.2) is 6.61 Å². The summed E-state index contributed by atoms with van der Waals surface area (Å²) in [7, 11) is 0. The van der Waals surface area contributed by atoms with E-state index in [0.717, 1.165) is 6.42 Å². The van der Waals surface area contributed by atoms with Crippen LogP contribution in [-0.2, 0) is 25.5 Å². The highest BCUT2D eigenvalue weighted by Crippen LogP contribution is 2.12. The highest BCUT2D eigenvalue weighted by atomic mass is 16.5. The van der Waals surface area contributed by atoms with Crippen molar-refractivity contribution in [1.29, 1.82) is 0 Å². The minimum absolute atomic E-state index is 0.198. The van der Waals surface area contributed by atoms with E-state index in [1.165, 1.54) is 19.4 Å². The Kier molecular flexibility index (Phi) is 8.46. The third-order valence-electron chi connectivity index (χ3n) is 3.47. The largest absolute Gasteiger partial charge is 0.484 e. The monoisotopic (exact) mass is 350 g/mol. The number of aryl methyl sites for hydroxylation is 1. The van der Waals surface area contributed by atoms with Crippen LogP contribution in [0.2, 0.25) is 0 Å². The molecule has 0 aliphatic carbocycles. The van der Waals surface area contributed by atoms with Crippen molar-refractivity contribution in [3.05, 3.63) is 29.8 Å². The molecule has 0 fully saturated rings. The summed E-state index contributed by atoms with van der Waals surface area (Å²) in [6.07, 6.45) is 0.928. The van der Waals surface area contributed by atoms with Gasteiger partial charge in [-0.25, -0.2) is 4.79 Å². The molecule has 0 aliphatic rings. The Morgan fingerprint density at radius 2 is 1.64 bits per heavy atom. The predicted molar refractivity (Wildman–Crippen MR) is 93.2 cm³/mol. The van der Waals surface area contributed by atoms with E-state index < -0.39 is 29.9 Å². The number of nitrogens with one attached hydrogen (secondary N) is 2. The molecular formula is C18H26N2O5. The van der Waals surface area contributed by atoms with Crippen molar-refractivity contribution >= 4 is 17.8 Å². The van der Waals surface area contributed by atoms with Gasteiger partial charge in [-0.2, -0.15) is 0 Å². The molecule has 0 bridgehead atoms. The molecule has 1 aromatic carbocycles. The lowest BCUT2D eigenvalue weighted by atomic mass is 10.2. The smallest absolute Gasteiger partial charge is 0.328 e. The average molecular weight is 350 g/mol. The van der Waals surface area contributed by atoms with Crippen LogP contribution in [0.4, 0.5) is 0 Å². The first kappa shape index (κ1) is 20.5. The summed E-state index contributed by atoms with van der Waals surface area (Å²) in [6.45, 7) is 6.83. The van der Waals surface area contributed by atoms with Gasteiger partial charge in [-0.1, -0.05) is 19.1 Å². The van der Waals surface area contributed by atoms with Crippen molar-refractivity contribution in [3.63, 3.8) is 0 Å². The molecule has 0 heterocycles. The van der Waals surface area contributed by atoms with Crippen LogP contribution in [0.25, 0.3) is 0 Å². The summed E-state index contributed by atoms with van der Waals surface area (Å²) in [5.41, 5.74) is 1.18. The molecular weight excluding hydrogens is 324 g/mol. The van der Waals surface area contributed by atoms with E-state index in [2.05, 4.69) is 17.6 Å². The van der Waals surface area contributed by atoms with Gasteiger partial charge in [0, 0.05) is 0 Å². The maximum Gasteiger partial charge on any atom is 0.328 e. The minimum Gasteiger partial charge on any atom is -0.484 e. The van der Waals surface area contributed by atoms with Gasteiger partial charge >= 0.3 is 5.97 Å². The van der Waals surface area contributed by atoms with E-state index in [1.807, 2.05) is 12.1 Å². The maximum absolute atomic E-state index is 12.0. The van der Waals surface area contributed by atoms with Crippen LogP contribution in [-0.4, -0.2) is 43.1 Å². The number of rotatable bonds is 9. The Hall–Kier alpha value is -2.57. The normalized spacial score (nSPS) is 12.6. The topological polar surface area (TPSA) is 93.7 Å². The lowest BCUT2D eigenvalue weighted by molar-refractivity contribution is -0.147. The summed E-state index contributed by atoms with van der Waals surface area (Å²) in [5, 5.41) is 5.01. The fourth-order valence-corrected chi connectivity index (χ4v) is 1.98.